The Morgan fingerprint density at radius 3 is 2.52 bits per heavy atom. The van der Waals surface area contributed by atoms with E-state index in [1.165, 1.54) is 48.9 Å². The van der Waals surface area contributed by atoms with Crippen molar-refractivity contribution in [1.82, 2.24) is 4.31 Å². The number of aryl methyl sites for hydroxylation is 1. The van der Waals surface area contributed by atoms with Crippen LogP contribution in [0.1, 0.15) is 18.4 Å². The van der Waals surface area contributed by atoms with Gasteiger partial charge in [-0.1, -0.05) is 0 Å². The molecule has 0 aromatic heterocycles. The maximum atomic E-state index is 13.2. The molecular formula is C20H24N2O6S. The SMILES string of the molecule is COc1ccc(S(=O)(=O)N2CCCC2C(=O)Nc2ccc(O)cc2C)cc1OC. The van der Waals surface area contributed by atoms with Gasteiger partial charge >= 0.3 is 0 Å². The summed E-state index contributed by atoms with van der Waals surface area (Å²) in [6.07, 6.45) is 1.01. The van der Waals surface area contributed by atoms with Crippen molar-refractivity contribution in [2.24, 2.45) is 0 Å². The van der Waals surface area contributed by atoms with Gasteiger partial charge in [0.2, 0.25) is 15.9 Å². The van der Waals surface area contributed by atoms with Crippen molar-refractivity contribution >= 4 is 21.6 Å². The highest BCUT2D eigenvalue weighted by atomic mass is 32.2. The Labute approximate surface area is 170 Å². The third-order valence-corrected chi connectivity index (χ3v) is 6.84. The lowest BCUT2D eigenvalue weighted by Crippen LogP contribution is -2.43. The summed E-state index contributed by atoms with van der Waals surface area (Å²) in [5.74, 6) is 0.415. The molecule has 29 heavy (non-hydrogen) atoms. The van der Waals surface area contributed by atoms with Gasteiger partial charge in [-0.15, -0.1) is 0 Å². The molecule has 156 valence electrons. The van der Waals surface area contributed by atoms with Gasteiger partial charge < -0.3 is 19.9 Å². The number of nitrogens with one attached hydrogen (secondary N) is 1. The number of rotatable bonds is 6. The minimum absolute atomic E-state index is 0.0377. The highest BCUT2D eigenvalue weighted by molar-refractivity contribution is 7.89. The molecule has 0 saturated carbocycles. The molecule has 2 aromatic rings. The van der Waals surface area contributed by atoms with Crippen molar-refractivity contribution in [2.75, 3.05) is 26.1 Å². The Hall–Kier alpha value is -2.78. The molecule has 1 amide bonds. The van der Waals surface area contributed by atoms with Gasteiger partial charge in [0.15, 0.2) is 11.5 Å². The molecule has 1 unspecified atom stereocenters. The first-order chi connectivity index (χ1) is 13.8. The van der Waals surface area contributed by atoms with Gasteiger partial charge in [0, 0.05) is 18.3 Å². The summed E-state index contributed by atoms with van der Waals surface area (Å²) in [4.78, 5) is 12.9. The second kappa shape index (κ2) is 8.30. The Bertz CT molecular complexity index is 1020. The molecule has 0 radical (unpaired) electrons. The minimum atomic E-state index is -3.90. The summed E-state index contributed by atoms with van der Waals surface area (Å²) in [6, 6.07) is 8.13. The van der Waals surface area contributed by atoms with Crippen molar-refractivity contribution < 1.29 is 27.8 Å². The first-order valence-electron chi connectivity index (χ1n) is 9.12. The highest BCUT2D eigenvalue weighted by Gasteiger charge is 2.39. The molecule has 8 nitrogen and oxygen atoms in total. The van der Waals surface area contributed by atoms with Crippen molar-refractivity contribution in [3.8, 4) is 17.2 Å². The molecule has 2 N–H and O–H groups in total. The Morgan fingerprint density at radius 1 is 1.14 bits per heavy atom. The number of amides is 1. The number of benzene rings is 2. The average Bonchev–Trinajstić information content (AvgIpc) is 3.20. The van der Waals surface area contributed by atoms with E-state index in [4.69, 9.17) is 9.47 Å². The van der Waals surface area contributed by atoms with Gasteiger partial charge in [0.05, 0.1) is 19.1 Å². The smallest absolute Gasteiger partial charge is 0.243 e. The first kappa shape index (κ1) is 20.9. The van der Waals surface area contributed by atoms with Gasteiger partial charge in [-0.25, -0.2) is 8.42 Å². The molecule has 1 atom stereocenters. The molecule has 0 bridgehead atoms. The zero-order chi connectivity index (χ0) is 21.2. The van der Waals surface area contributed by atoms with Crippen molar-refractivity contribution in [1.29, 1.82) is 0 Å². The lowest BCUT2D eigenvalue weighted by Gasteiger charge is -2.24. The minimum Gasteiger partial charge on any atom is -0.508 e. The molecule has 1 aliphatic rings. The number of aromatic hydroxyl groups is 1. The normalized spacial score (nSPS) is 17.1. The molecular weight excluding hydrogens is 396 g/mol. The summed E-state index contributed by atoms with van der Waals surface area (Å²) < 4.78 is 38.0. The zero-order valence-electron chi connectivity index (χ0n) is 16.5. The van der Waals surface area contributed by atoms with Crippen molar-refractivity contribution in [3.05, 3.63) is 42.0 Å². The fraction of sp³-hybridized carbons (Fsp3) is 0.350. The van der Waals surface area contributed by atoms with E-state index in [1.54, 1.807) is 13.0 Å². The number of hydrogen-bond donors (Lipinski definition) is 2. The summed E-state index contributed by atoms with van der Waals surface area (Å²) >= 11 is 0. The van der Waals surface area contributed by atoms with Crippen LogP contribution in [0.4, 0.5) is 5.69 Å². The van der Waals surface area contributed by atoms with Crippen LogP contribution in [0.2, 0.25) is 0 Å². The molecule has 2 aromatic carbocycles. The molecule has 0 aliphatic carbocycles. The van der Waals surface area contributed by atoms with E-state index in [0.29, 0.717) is 35.6 Å². The van der Waals surface area contributed by atoms with Gasteiger partial charge in [-0.2, -0.15) is 4.31 Å². The van der Waals surface area contributed by atoms with E-state index < -0.39 is 22.0 Å². The Morgan fingerprint density at radius 2 is 1.86 bits per heavy atom. The number of nitrogens with zero attached hydrogens (tertiary/aromatic N) is 1. The van der Waals surface area contributed by atoms with E-state index in [1.807, 2.05) is 0 Å². The van der Waals surface area contributed by atoms with E-state index in [2.05, 4.69) is 5.32 Å². The van der Waals surface area contributed by atoms with Crippen LogP contribution in [-0.4, -0.2) is 50.5 Å². The lowest BCUT2D eigenvalue weighted by molar-refractivity contribution is -0.119. The first-order valence-corrected chi connectivity index (χ1v) is 10.6. The van der Waals surface area contributed by atoms with Crippen LogP contribution in [0, 0.1) is 6.92 Å². The number of ether oxygens (including phenoxy) is 2. The summed E-state index contributed by atoms with van der Waals surface area (Å²) in [5.41, 5.74) is 1.22. The third-order valence-electron chi connectivity index (χ3n) is 4.94. The van der Waals surface area contributed by atoms with Gasteiger partial charge in [-0.3, -0.25) is 4.79 Å². The van der Waals surface area contributed by atoms with Crippen LogP contribution in [-0.2, 0) is 14.8 Å². The molecule has 1 saturated heterocycles. The second-order valence-corrected chi connectivity index (χ2v) is 8.67. The average molecular weight is 420 g/mol. The quantitative estimate of drug-likeness (QED) is 0.696. The number of sulfonamides is 1. The Balaban J connectivity index is 1.86. The van der Waals surface area contributed by atoms with E-state index in [0.717, 1.165) is 0 Å². The summed E-state index contributed by atoms with van der Waals surface area (Å²) in [7, 11) is -1.00. The van der Waals surface area contributed by atoms with E-state index in [-0.39, 0.29) is 17.2 Å². The lowest BCUT2D eigenvalue weighted by atomic mass is 10.1. The Kier molecular flexibility index (Phi) is 5.99. The monoisotopic (exact) mass is 420 g/mol. The highest BCUT2D eigenvalue weighted by Crippen LogP contribution is 2.33. The topological polar surface area (TPSA) is 105 Å². The van der Waals surface area contributed by atoms with Crippen molar-refractivity contribution in [2.45, 2.75) is 30.7 Å². The molecule has 1 aliphatic heterocycles. The standard InChI is InChI=1S/C20H24N2O6S/c1-13-11-14(23)6-8-16(13)21-20(24)17-5-4-10-22(17)29(25,26)15-7-9-18(27-2)19(12-15)28-3/h6-9,11-12,17,23H,4-5,10H2,1-3H3,(H,21,24). The maximum Gasteiger partial charge on any atom is 0.243 e. The fourth-order valence-electron chi connectivity index (χ4n) is 3.41. The van der Waals surface area contributed by atoms with Crippen LogP contribution in [0.25, 0.3) is 0 Å². The zero-order valence-corrected chi connectivity index (χ0v) is 17.3. The molecule has 0 spiro atoms. The molecule has 9 heteroatoms. The van der Waals surface area contributed by atoms with Gasteiger partial charge in [0.1, 0.15) is 11.8 Å². The number of methoxy groups -OCH3 is 2. The van der Waals surface area contributed by atoms with E-state index in [9.17, 15) is 18.3 Å². The van der Waals surface area contributed by atoms with Gasteiger partial charge in [0.25, 0.3) is 0 Å². The fourth-order valence-corrected chi connectivity index (χ4v) is 5.08. The predicted molar refractivity (Wildman–Crippen MR) is 108 cm³/mol. The molecule has 3 rings (SSSR count). The third kappa shape index (κ3) is 4.15. The predicted octanol–water partition coefficient (Wildman–Crippen LogP) is 2.51. The number of phenols is 1. The van der Waals surface area contributed by atoms with Crippen molar-refractivity contribution in [3.63, 3.8) is 0 Å². The largest absolute Gasteiger partial charge is 0.508 e. The molecule has 1 heterocycles. The summed E-state index contributed by atoms with van der Waals surface area (Å²) in [6.45, 7) is 2.01. The summed E-state index contributed by atoms with van der Waals surface area (Å²) in [5, 5.41) is 12.3. The number of anilines is 1. The van der Waals surface area contributed by atoms with E-state index >= 15 is 0 Å². The van der Waals surface area contributed by atoms with Crippen LogP contribution in [0.5, 0.6) is 17.2 Å². The van der Waals surface area contributed by atoms with Crippen LogP contribution in [0.3, 0.4) is 0 Å². The number of carbonyl (C=O) groups excluding carboxylic acids is 1. The van der Waals surface area contributed by atoms with Crippen LogP contribution >= 0.6 is 0 Å². The number of carbonyl (C=O) groups is 1. The second-order valence-electron chi connectivity index (χ2n) is 6.78. The maximum absolute atomic E-state index is 13.2. The number of hydrogen-bond acceptors (Lipinski definition) is 6. The van der Waals surface area contributed by atoms with Crippen LogP contribution < -0.4 is 14.8 Å². The van der Waals surface area contributed by atoms with Gasteiger partial charge in [-0.05, 0) is 55.7 Å². The van der Waals surface area contributed by atoms with Crippen LogP contribution in [0.15, 0.2) is 41.3 Å². The molecule has 1 fully saturated rings. The number of phenolic OH excluding ortho intramolecular Hbond substituents is 1.